The molecule has 0 saturated heterocycles. The Hall–Kier alpha value is -1.12. The van der Waals surface area contributed by atoms with Crippen LogP contribution in [0.5, 0.6) is 0 Å². The summed E-state index contributed by atoms with van der Waals surface area (Å²) in [6.45, 7) is 10.7. The molecule has 0 saturated carbocycles. The van der Waals surface area contributed by atoms with Crippen LogP contribution in [0.2, 0.25) is 0 Å². The molecule has 3 nitrogen and oxygen atoms in total. The number of hydrogen-bond acceptors (Lipinski definition) is 2. The largest absolute Gasteiger partial charge is 0.269 e. The number of aromatic nitrogens is 2. The van der Waals surface area contributed by atoms with Crippen molar-refractivity contribution in [1.29, 1.82) is 0 Å². The average molecular weight is 224 g/mol. The van der Waals surface area contributed by atoms with E-state index < -0.39 is 0 Å². The summed E-state index contributed by atoms with van der Waals surface area (Å²) in [7, 11) is 0. The van der Waals surface area contributed by atoms with Crippen LogP contribution in [0, 0.1) is 0 Å². The van der Waals surface area contributed by atoms with Crippen molar-refractivity contribution < 1.29 is 0 Å². The number of hydrogen-bond donors (Lipinski definition) is 0. The van der Waals surface area contributed by atoms with Crippen molar-refractivity contribution >= 4 is 0 Å². The topological polar surface area (TPSA) is 34.9 Å². The van der Waals surface area contributed by atoms with Gasteiger partial charge in [-0.2, -0.15) is 5.10 Å². The molecule has 0 atom stereocenters. The summed E-state index contributed by atoms with van der Waals surface area (Å²) in [5, 5.41) is 4.26. The van der Waals surface area contributed by atoms with Gasteiger partial charge in [0.15, 0.2) is 0 Å². The Morgan fingerprint density at radius 1 is 1.25 bits per heavy atom. The van der Waals surface area contributed by atoms with Crippen LogP contribution in [0.15, 0.2) is 10.9 Å². The lowest BCUT2D eigenvalue weighted by Gasteiger charge is -2.06. The molecule has 0 fully saturated rings. The van der Waals surface area contributed by atoms with Crippen LogP contribution in [0.25, 0.3) is 0 Å². The van der Waals surface area contributed by atoms with Crippen LogP contribution in [0.4, 0.5) is 0 Å². The maximum Gasteiger partial charge on any atom is 0.269 e. The van der Waals surface area contributed by atoms with E-state index in [1.54, 1.807) is 4.68 Å². The van der Waals surface area contributed by atoms with Gasteiger partial charge in [-0.15, -0.1) is 0 Å². The highest BCUT2D eigenvalue weighted by Crippen LogP contribution is 2.00. The molecule has 16 heavy (non-hydrogen) atoms. The summed E-state index contributed by atoms with van der Waals surface area (Å²) in [4.78, 5) is 11.8. The lowest BCUT2D eigenvalue weighted by atomic mass is 10.1. The van der Waals surface area contributed by atoms with E-state index in [-0.39, 0.29) is 5.56 Å². The van der Waals surface area contributed by atoms with Crippen LogP contribution in [0.3, 0.4) is 0 Å². The second-order valence-corrected chi connectivity index (χ2v) is 3.39. The maximum atomic E-state index is 11.8. The summed E-state index contributed by atoms with van der Waals surface area (Å²) < 4.78 is 1.56. The smallest absolute Gasteiger partial charge is 0.268 e. The van der Waals surface area contributed by atoms with E-state index in [1.807, 2.05) is 26.8 Å². The Labute approximate surface area is 98.5 Å². The molecule has 0 aromatic carbocycles. The van der Waals surface area contributed by atoms with E-state index in [9.17, 15) is 4.79 Å². The summed E-state index contributed by atoms with van der Waals surface area (Å²) in [6, 6.07) is 1.94. The van der Waals surface area contributed by atoms with Gasteiger partial charge >= 0.3 is 0 Å². The van der Waals surface area contributed by atoms with Crippen molar-refractivity contribution in [3.8, 4) is 0 Å². The van der Waals surface area contributed by atoms with Crippen LogP contribution < -0.4 is 5.56 Å². The number of nitrogens with zero attached hydrogens (tertiary/aromatic N) is 2. The summed E-state index contributed by atoms with van der Waals surface area (Å²) >= 11 is 0. The van der Waals surface area contributed by atoms with E-state index >= 15 is 0 Å². The van der Waals surface area contributed by atoms with E-state index in [1.165, 1.54) is 0 Å². The molecule has 1 aromatic rings. The van der Waals surface area contributed by atoms with Crippen molar-refractivity contribution in [3.05, 3.63) is 27.7 Å². The van der Waals surface area contributed by atoms with Gasteiger partial charge in [0.2, 0.25) is 0 Å². The monoisotopic (exact) mass is 224 g/mol. The standard InChI is InChI=1S/C11H18N2O.C2H6/c1-4-7-9-8-10(5-2)12-13(6-3)11(9)14;1-2/h8H,4-7H2,1-3H3;1-2H3. The first-order valence-electron chi connectivity index (χ1n) is 6.32. The molecule has 3 heteroatoms. The summed E-state index contributed by atoms with van der Waals surface area (Å²) in [6.07, 6.45) is 2.75. The predicted molar refractivity (Wildman–Crippen MR) is 68.9 cm³/mol. The van der Waals surface area contributed by atoms with Crippen molar-refractivity contribution in [2.24, 2.45) is 0 Å². The normalized spacial score (nSPS) is 9.56. The van der Waals surface area contributed by atoms with Gasteiger partial charge < -0.3 is 0 Å². The minimum absolute atomic E-state index is 0.0755. The highest BCUT2D eigenvalue weighted by atomic mass is 16.1. The molecule has 0 aliphatic carbocycles. The minimum Gasteiger partial charge on any atom is -0.268 e. The Bertz CT molecular complexity index is 355. The lowest BCUT2D eigenvalue weighted by molar-refractivity contribution is 0.589. The van der Waals surface area contributed by atoms with Crippen LogP contribution in [-0.2, 0) is 19.4 Å². The third-order valence-corrected chi connectivity index (χ3v) is 2.28. The fourth-order valence-electron chi connectivity index (χ4n) is 1.49. The molecular formula is C13H24N2O. The molecule has 0 unspecified atom stereocenters. The van der Waals surface area contributed by atoms with Crippen molar-refractivity contribution in [3.63, 3.8) is 0 Å². The minimum atomic E-state index is 0.0755. The molecule has 1 aromatic heterocycles. The fraction of sp³-hybridized carbons (Fsp3) is 0.692. The molecule has 92 valence electrons. The molecular weight excluding hydrogens is 200 g/mol. The highest BCUT2D eigenvalue weighted by Gasteiger charge is 2.05. The van der Waals surface area contributed by atoms with Crippen molar-refractivity contribution in [1.82, 2.24) is 9.78 Å². The predicted octanol–water partition coefficient (Wildman–Crippen LogP) is 2.80. The second-order valence-electron chi connectivity index (χ2n) is 3.39. The number of aryl methyl sites for hydroxylation is 3. The summed E-state index contributed by atoms with van der Waals surface area (Å²) in [5.74, 6) is 0. The SMILES string of the molecule is CC.CCCc1cc(CC)nn(CC)c1=O. The van der Waals surface area contributed by atoms with Gasteiger partial charge in [-0.1, -0.05) is 34.1 Å². The maximum absolute atomic E-state index is 11.8. The Morgan fingerprint density at radius 3 is 2.31 bits per heavy atom. The van der Waals surface area contributed by atoms with Gasteiger partial charge in [0.1, 0.15) is 0 Å². The summed E-state index contributed by atoms with van der Waals surface area (Å²) in [5.41, 5.74) is 1.99. The van der Waals surface area contributed by atoms with E-state index in [0.29, 0.717) is 6.54 Å². The Balaban J connectivity index is 0.00000106. The Morgan fingerprint density at radius 2 is 1.88 bits per heavy atom. The molecule has 1 heterocycles. The molecule has 1 rings (SSSR count). The second kappa shape index (κ2) is 8.08. The zero-order valence-electron chi connectivity index (χ0n) is 11.2. The fourth-order valence-corrected chi connectivity index (χ4v) is 1.49. The van der Waals surface area contributed by atoms with Crippen LogP contribution in [0.1, 0.15) is 52.3 Å². The number of rotatable bonds is 4. The molecule has 0 bridgehead atoms. The first kappa shape index (κ1) is 14.9. The molecule has 0 aliphatic heterocycles. The van der Waals surface area contributed by atoms with E-state index in [2.05, 4.69) is 18.9 Å². The average Bonchev–Trinajstić information content (AvgIpc) is 2.34. The quantitative estimate of drug-likeness (QED) is 0.788. The molecule has 0 radical (unpaired) electrons. The van der Waals surface area contributed by atoms with Gasteiger partial charge in [-0.25, -0.2) is 4.68 Å². The third kappa shape index (κ3) is 3.80. The molecule has 0 amide bonds. The molecule has 0 N–H and O–H groups in total. The van der Waals surface area contributed by atoms with Crippen molar-refractivity contribution in [2.75, 3.05) is 0 Å². The first-order chi connectivity index (χ1) is 7.72. The molecule has 0 spiro atoms. The first-order valence-corrected chi connectivity index (χ1v) is 6.32. The van der Waals surface area contributed by atoms with E-state index in [4.69, 9.17) is 0 Å². The van der Waals surface area contributed by atoms with Gasteiger partial charge in [-0.05, 0) is 25.8 Å². The molecule has 0 aliphatic rings. The van der Waals surface area contributed by atoms with E-state index in [0.717, 1.165) is 30.5 Å². The van der Waals surface area contributed by atoms with Gasteiger partial charge in [0.25, 0.3) is 5.56 Å². The van der Waals surface area contributed by atoms with Crippen LogP contribution in [-0.4, -0.2) is 9.78 Å². The van der Waals surface area contributed by atoms with Crippen LogP contribution >= 0.6 is 0 Å². The van der Waals surface area contributed by atoms with Gasteiger partial charge in [-0.3, -0.25) is 4.79 Å². The van der Waals surface area contributed by atoms with Gasteiger partial charge in [0.05, 0.1) is 5.69 Å². The zero-order valence-corrected chi connectivity index (χ0v) is 11.2. The lowest BCUT2D eigenvalue weighted by Crippen LogP contribution is -2.26. The van der Waals surface area contributed by atoms with Crippen molar-refractivity contribution in [2.45, 2.75) is 60.4 Å². The third-order valence-electron chi connectivity index (χ3n) is 2.28. The highest BCUT2D eigenvalue weighted by molar-refractivity contribution is 5.13. The Kier molecular flexibility index (Phi) is 7.52. The zero-order chi connectivity index (χ0) is 12.6. The van der Waals surface area contributed by atoms with Gasteiger partial charge in [0, 0.05) is 12.1 Å².